The summed E-state index contributed by atoms with van der Waals surface area (Å²) in [6.07, 6.45) is -1.13. The molecule has 0 saturated carbocycles. The van der Waals surface area contributed by atoms with Gasteiger partial charge >= 0.3 is 17.9 Å². The number of primary amides is 1. The predicted octanol–water partition coefficient (Wildman–Crippen LogP) is 9.25. The Balaban J connectivity index is 0.748. The summed E-state index contributed by atoms with van der Waals surface area (Å²) < 4.78 is 83.5. The Bertz CT molecular complexity index is 3810. The maximum absolute atomic E-state index is 14.9. The van der Waals surface area contributed by atoms with Gasteiger partial charge in [0.05, 0.1) is 39.3 Å². The number of fused-ring (bicyclic) bond motifs is 3. The predicted molar refractivity (Wildman–Crippen MR) is 300 cm³/mol. The third-order valence-corrected chi connectivity index (χ3v) is 15.9. The van der Waals surface area contributed by atoms with E-state index in [0.717, 1.165) is 28.1 Å². The highest BCUT2D eigenvalue weighted by atomic mass is 32.2. The van der Waals surface area contributed by atoms with Gasteiger partial charge in [-0.3, -0.25) is 23.9 Å². The molecule has 79 heavy (non-hydrogen) atoms. The number of benzene rings is 5. The van der Waals surface area contributed by atoms with E-state index < -0.39 is 39.4 Å². The average molecular weight is 1100 g/mol. The summed E-state index contributed by atoms with van der Waals surface area (Å²) >= 11 is 0. The summed E-state index contributed by atoms with van der Waals surface area (Å²) in [5.41, 5.74) is 9.91. The monoisotopic (exact) mass is 1100 g/mol. The number of anilines is 4. The second-order valence-electron chi connectivity index (χ2n) is 19.5. The normalized spacial score (nSPS) is 13.0. The number of carbonyl (C=O) groups is 3. The molecule has 1 aliphatic heterocycles. The minimum absolute atomic E-state index is 0.0000413. The van der Waals surface area contributed by atoms with Crippen LogP contribution in [0.25, 0.3) is 43.9 Å². The van der Waals surface area contributed by atoms with Gasteiger partial charge in [0.1, 0.15) is 11.3 Å². The van der Waals surface area contributed by atoms with Crippen molar-refractivity contribution in [2.45, 2.75) is 38.8 Å². The van der Waals surface area contributed by atoms with E-state index >= 15 is 0 Å². The Labute approximate surface area is 453 Å². The van der Waals surface area contributed by atoms with Crippen molar-refractivity contribution < 1.29 is 45.1 Å². The molecule has 4 heterocycles. The average Bonchev–Trinajstić information content (AvgIpc) is 3.63. The lowest BCUT2D eigenvalue weighted by atomic mass is 9.99. The van der Waals surface area contributed by atoms with Crippen molar-refractivity contribution in [2.75, 3.05) is 80.7 Å². The van der Waals surface area contributed by atoms with Gasteiger partial charge in [-0.2, -0.15) is 13.2 Å². The number of alkyl halides is 3. The molecule has 0 spiro atoms. The van der Waals surface area contributed by atoms with Crippen LogP contribution in [0.15, 0.2) is 131 Å². The van der Waals surface area contributed by atoms with Gasteiger partial charge in [0.15, 0.2) is 0 Å². The zero-order valence-electron chi connectivity index (χ0n) is 43.9. The van der Waals surface area contributed by atoms with Crippen molar-refractivity contribution in [3.63, 3.8) is 0 Å². The maximum Gasteiger partial charge on any atom is 0.418 e. The number of halogens is 3. The fraction of sp³-hybridized carbons (Fsp3) is 0.276. The van der Waals surface area contributed by atoms with Crippen LogP contribution in [0.1, 0.15) is 51.9 Å². The van der Waals surface area contributed by atoms with Crippen molar-refractivity contribution in [1.82, 2.24) is 25.1 Å². The van der Waals surface area contributed by atoms with Gasteiger partial charge in [-0.15, -0.1) is 0 Å². The molecule has 0 bridgehead atoms. The van der Waals surface area contributed by atoms with Crippen LogP contribution in [0, 0.1) is 6.92 Å². The first-order chi connectivity index (χ1) is 37.7. The van der Waals surface area contributed by atoms with Crippen LogP contribution >= 0.6 is 0 Å². The number of nitrogens with zero attached hydrogens (tertiary/aromatic N) is 6. The van der Waals surface area contributed by atoms with Crippen LogP contribution in [0.5, 0.6) is 5.75 Å². The number of nitrogens with one attached hydrogen (secondary N) is 2. The van der Waals surface area contributed by atoms with Gasteiger partial charge in [-0.1, -0.05) is 36.4 Å². The number of hydrogen-bond acceptors (Lipinski definition) is 13. The quantitative estimate of drug-likeness (QED) is 0.0541. The van der Waals surface area contributed by atoms with Crippen LogP contribution < -0.4 is 35.9 Å². The van der Waals surface area contributed by atoms with Gasteiger partial charge < -0.3 is 40.2 Å². The summed E-state index contributed by atoms with van der Waals surface area (Å²) in [5.74, 6) is -0.863. The number of hydrogen-bond donors (Lipinski definition) is 3. The molecule has 3 aromatic heterocycles. The zero-order chi connectivity index (χ0) is 56.2. The topological polar surface area (TPSA) is 214 Å². The molecule has 1 fully saturated rings. The van der Waals surface area contributed by atoms with E-state index in [-0.39, 0.29) is 84.6 Å². The molecule has 9 rings (SSSR count). The molecule has 0 aliphatic carbocycles. The number of pyridine rings is 2. The lowest BCUT2D eigenvalue weighted by Crippen LogP contribution is -2.49. The molecule has 1 aliphatic rings. The smallest absolute Gasteiger partial charge is 0.418 e. The van der Waals surface area contributed by atoms with E-state index in [1.165, 1.54) is 40.6 Å². The lowest BCUT2D eigenvalue weighted by Gasteiger charge is -2.37. The van der Waals surface area contributed by atoms with Crippen LogP contribution in [0.4, 0.5) is 40.7 Å². The maximum atomic E-state index is 14.9. The summed E-state index contributed by atoms with van der Waals surface area (Å²) in [6, 6.07) is 30.7. The molecule has 17 nitrogen and oxygen atoms in total. The minimum Gasteiger partial charge on any atom is -0.422 e. The number of para-hydroxylation sites is 1. The van der Waals surface area contributed by atoms with Gasteiger partial charge in [0.25, 0.3) is 5.91 Å². The summed E-state index contributed by atoms with van der Waals surface area (Å²) in [4.78, 5) is 64.6. The number of sulfonamides is 1. The van der Waals surface area contributed by atoms with Gasteiger partial charge in [0, 0.05) is 117 Å². The second kappa shape index (κ2) is 23.2. The molecule has 1 saturated heterocycles. The van der Waals surface area contributed by atoms with Crippen molar-refractivity contribution in [3.05, 3.63) is 160 Å². The fourth-order valence-corrected chi connectivity index (χ4v) is 10.8. The Morgan fingerprint density at radius 1 is 0.810 bits per heavy atom. The fourth-order valence-electron chi connectivity index (χ4n) is 9.61. The standard InChI is InChI=1S/C58H58F3N9O8S/c1-36-44-18-17-43(77-57(74)67(2)3)33-52(44)78-56(73)45(36)29-37-10-7-12-42(28-37)68(4)79(75,76)27-9-22-63-21-8-14-53(71)70-25-23-69(24-26-70)51-20-16-41(32-48(51)58(59,60)61)66-54-46-31-38(15-19-50(46)65-35-47(54)55(62)72)40-30-39-11-5-6-13-49(39)64-34-40/h5-7,10-13,15-20,28,30-35,63H,8-9,14,21-27,29H2,1-4H3,(H2,62,72)(H,65,66). The summed E-state index contributed by atoms with van der Waals surface area (Å²) in [5, 5.41) is 8.33. The number of amides is 3. The first-order valence-electron chi connectivity index (χ1n) is 25.5. The van der Waals surface area contributed by atoms with Crippen molar-refractivity contribution in [3.8, 4) is 16.9 Å². The third-order valence-electron chi connectivity index (χ3n) is 14.0. The molecule has 21 heteroatoms. The van der Waals surface area contributed by atoms with E-state index in [4.69, 9.17) is 14.9 Å². The number of aromatic nitrogens is 2. The molecule has 0 radical (unpaired) electrons. The van der Waals surface area contributed by atoms with Gasteiger partial charge in [-0.25, -0.2) is 18.0 Å². The van der Waals surface area contributed by atoms with Crippen LogP contribution in [0.3, 0.4) is 0 Å². The molecule has 8 aromatic rings. The molecule has 4 N–H and O–H groups in total. The number of nitrogens with two attached hydrogens (primary N) is 1. The molecule has 3 amide bonds. The molecule has 5 aromatic carbocycles. The van der Waals surface area contributed by atoms with Gasteiger partial charge in [-0.05, 0) is 116 Å². The zero-order valence-corrected chi connectivity index (χ0v) is 44.7. The van der Waals surface area contributed by atoms with Crippen molar-refractivity contribution in [1.29, 1.82) is 0 Å². The molecule has 0 atom stereocenters. The molecular formula is C58H58F3N9O8S. The number of piperazine rings is 1. The lowest BCUT2D eigenvalue weighted by molar-refractivity contribution is -0.137. The van der Waals surface area contributed by atoms with Gasteiger partial charge in [0.2, 0.25) is 15.9 Å². The third kappa shape index (κ3) is 12.6. The Morgan fingerprint density at radius 2 is 1.57 bits per heavy atom. The molecule has 410 valence electrons. The Kier molecular flexibility index (Phi) is 16.2. The van der Waals surface area contributed by atoms with E-state index in [1.807, 2.05) is 36.4 Å². The second-order valence-corrected chi connectivity index (χ2v) is 21.7. The van der Waals surface area contributed by atoms with Crippen LogP contribution in [-0.2, 0) is 27.4 Å². The SMILES string of the molecule is Cc1c(Cc2cccc(N(C)S(=O)(=O)CCCNCCCC(=O)N3CCN(c4ccc(Nc5c(C(N)=O)cnc6ccc(-c7cnc8ccccc8c7)cc56)cc4C(F)(F)F)CC3)c2)c(=O)oc2cc(OC(=O)N(C)C)ccc12. The molecular weight excluding hydrogens is 1040 g/mol. The Hall–Kier alpha value is -8.56. The minimum atomic E-state index is -4.75. The largest absolute Gasteiger partial charge is 0.422 e. The highest BCUT2D eigenvalue weighted by Gasteiger charge is 2.36. The van der Waals surface area contributed by atoms with Crippen LogP contribution in [0.2, 0.25) is 0 Å². The van der Waals surface area contributed by atoms with E-state index in [2.05, 4.69) is 20.6 Å². The molecule has 0 unspecified atom stereocenters. The highest BCUT2D eigenvalue weighted by molar-refractivity contribution is 7.92. The number of aryl methyl sites for hydroxylation is 1. The van der Waals surface area contributed by atoms with Crippen molar-refractivity contribution in [2.24, 2.45) is 5.73 Å². The van der Waals surface area contributed by atoms with Crippen LogP contribution in [-0.4, -0.2) is 112 Å². The van der Waals surface area contributed by atoms with E-state index in [1.54, 1.807) is 85.5 Å². The first-order valence-corrected chi connectivity index (χ1v) is 27.2. The first kappa shape index (κ1) is 55.2. The van der Waals surface area contributed by atoms with E-state index in [9.17, 15) is 40.8 Å². The van der Waals surface area contributed by atoms with E-state index in [0.29, 0.717) is 64.6 Å². The number of ether oxygens (including phenoxy) is 1. The number of rotatable bonds is 18. The number of carbonyl (C=O) groups excluding carboxylic acids is 3. The summed E-state index contributed by atoms with van der Waals surface area (Å²) in [7, 11) is 0.842. The summed E-state index contributed by atoms with van der Waals surface area (Å²) in [6.45, 7) is 3.40. The van der Waals surface area contributed by atoms with Crippen molar-refractivity contribution >= 4 is 83.5 Å². The Morgan fingerprint density at radius 3 is 2.33 bits per heavy atom. The highest BCUT2D eigenvalue weighted by Crippen LogP contribution is 2.41.